The number of hydrogen-bond acceptors (Lipinski definition) is 5. The average molecular weight is 431 g/mol. The molecule has 0 bridgehead atoms. The molecule has 0 saturated heterocycles. The molecule has 29 heavy (non-hydrogen) atoms. The average Bonchev–Trinajstić information content (AvgIpc) is 3.25. The molecule has 0 aliphatic heterocycles. The molecule has 0 aliphatic carbocycles. The first-order valence-electron chi connectivity index (χ1n) is 8.73. The van der Waals surface area contributed by atoms with Crippen molar-refractivity contribution in [2.45, 2.75) is 12.6 Å². The normalized spacial score (nSPS) is 11.5. The Morgan fingerprint density at radius 3 is 2.55 bits per heavy atom. The molecule has 2 amide bonds. The van der Waals surface area contributed by atoms with E-state index >= 15 is 0 Å². The molecule has 8 heteroatoms. The van der Waals surface area contributed by atoms with Gasteiger partial charge in [-0.1, -0.05) is 35.9 Å². The molecule has 1 unspecified atom stereocenters. The van der Waals surface area contributed by atoms with E-state index in [1.54, 1.807) is 24.6 Å². The molecule has 0 fully saturated rings. The fourth-order valence-corrected chi connectivity index (χ4v) is 3.56. The van der Waals surface area contributed by atoms with Crippen LogP contribution < -0.4 is 15.4 Å². The van der Waals surface area contributed by atoms with E-state index in [4.69, 9.17) is 16.3 Å². The zero-order valence-electron chi connectivity index (χ0n) is 15.5. The lowest BCUT2D eigenvalue weighted by molar-refractivity contribution is 0.0886. The third-order valence-electron chi connectivity index (χ3n) is 4.18. The van der Waals surface area contributed by atoms with Gasteiger partial charge in [0.25, 0.3) is 11.8 Å². The monoisotopic (exact) mass is 430 g/mol. The molecule has 0 aliphatic rings. The first-order chi connectivity index (χ1) is 14.0. The fraction of sp³-hybridized carbons (Fsp3) is 0.143. The lowest BCUT2D eigenvalue weighted by atomic mass is 10.1. The van der Waals surface area contributed by atoms with Crippen LogP contribution in [0.2, 0.25) is 5.02 Å². The lowest BCUT2D eigenvalue weighted by Gasteiger charge is -2.21. The van der Waals surface area contributed by atoms with Crippen LogP contribution in [0.3, 0.4) is 0 Å². The van der Waals surface area contributed by atoms with Crippen LogP contribution in [-0.4, -0.2) is 30.2 Å². The third kappa shape index (κ3) is 5.28. The van der Waals surface area contributed by atoms with Crippen molar-refractivity contribution >= 4 is 34.8 Å². The Kier molecular flexibility index (Phi) is 6.74. The van der Waals surface area contributed by atoms with Crippen LogP contribution in [0.1, 0.15) is 25.6 Å². The number of thiophene rings is 1. The molecule has 1 aromatic heterocycles. The van der Waals surface area contributed by atoms with Gasteiger partial charge in [-0.3, -0.25) is 9.59 Å². The van der Waals surface area contributed by atoms with Gasteiger partial charge >= 0.3 is 0 Å². The summed E-state index contributed by atoms with van der Waals surface area (Å²) in [5.74, 6) is -0.174. The molecular formula is C21H19ClN2O4S. The number of nitrogens with one attached hydrogen (secondary N) is 2. The van der Waals surface area contributed by atoms with Gasteiger partial charge in [0.05, 0.1) is 17.0 Å². The second-order valence-electron chi connectivity index (χ2n) is 6.16. The smallest absolute Gasteiger partial charge is 0.262 e. The zero-order valence-corrected chi connectivity index (χ0v) is 17.1. The highest BCUT2D eigenvalue weighted by atomic mass is 35.5. The number of hydrogen-bond donors (Lipinski definition) is 3. The number of carbonyl (C=O) groups excluding carboxylic acids is 2. The quantitative estimate of drug-likeness (QED) is 0.497. The van der Waals surface area contributed by atoms with E-state index < -0.39 is 12.1 Å². The maximum absolute atomic E-state index is 12.7. The maximum atomic E-state index is 12.7. The molecule has 0 spiro atoms. The van der Waals surface area contributed by atoms with Crippen molar-refractivity contribution in [3.05, 3.63) is 81.0 Å². The predicted octanol–water partition coefficient (Wildman–Crippen LogP) is 3.84. The molecular weight excluding hydrogens is 412 g/mol. The van der Waals surface area contributed by atoms with Gasteiger partial charge in [0, 0.05) is 12.0 Å². The highest BCUT2D eigenvalue weighted by Gasteiger charge is 2.20. The molecule has 150 valence electrons. The van der Waals surface area contributed by atoms with E-state index in [1.165, 1.54) is 29.5 Å². The van der Waals surface area contributed by atoms with E-state index in [2.05, 4.69) is 10.6 Å². The molecule has 0 saturated carbocycles. The molecule has 3 rings (SSSR count). The molecule has 3 aromatic rings. The number of amides is 2. The van der Waals surface area contributed by atoms with E-state index in [9.17, 15) is 14.7 Å². The zero-order chi connectivity index (χ0) is 20.8. The summed E-state index contributed by atoms with van der Waals surface area (Å²) in [7, 11) is 1.56. The lowest BCUT2D eigenvalue weighted by Crippen LogP contribution is -2.49. The van der Waals surface area contributed by atoms with Crippen molar-refractivity contribution < 1.29 is 19.4 Å². The molecule has 3 N–H and O–H groups in total. The topological polar surface area (TPSA) is 87.7 Å². The van der Waals surface area contributed by atoms with E-state index in [0.29, 0.717) is 17.0 Å². The van der Waals surface area contributed by atoms with Gasteiger partial charge in [0.1, 0.15) is 17.7 Å². The van der Waals surface area contributed by atoms with Crippen molar-refractivity contribution in [3.63, 3.8) is 0 Å². The summed E-state index contributed by atoms with van der Waals surface area (Å²) in [4.78, 5) is 25.8. The first-order valence-corrected chi connectivity index (χ1v) is 9.99. The van der Waals surface area contributed by atoms with E-state index in [-0.39, 0.29) is 22.2 Å². The molecule has 1 heterocycles. The summed E-state index contributed by atoms with van der Waals surface area (Å²) in [5.41, 5.74) is 1.10. The van der Waals surface area contributed by atoms with E-state index in [1.807, 2.05) is 24.3 Å². The fourth-order valence-electron chi connectivity index (χ4n) is 2.76. The van der Waals surface area contributed by atoms with Crippen molar-refractivity contribution in [1.29, 1.82) is 0 Å². The summed E-state index contributed by atoms with van der Waals surface area (Å²) in [5, 5.41) is 17.1. The van der Waals surface area contributed by atoms with Crippen LogP contribution in [0.15, 0.2) is 60.0 Å². The standard InChI is InChI=1S/C21H19ClN2O4S/c1-28-17-6-3-2-5-13(17)12-19(24-21(27)18-7-4-10-29-18)23-20(26)14-8-9-16(25)15(22)11-14/h2-11,19,25H,12H2,1H3,(H,23,26)(H,24,27). The Balaban J connectivity index is 1.82. The molecule has 1 atom stereocenters. The number of ether oxygens (including phenoxy) is 1. The van der Waals surface area contributed by atoms with Crippen molar-refractivity contribution in [2.24, 2.45) is 0 Å². The molecule has 6 nitrogen and oxygen atoms in total. The summed E-state index contributed by atoms with van der Waals surface area (Å²) >= 11 is 7.21. The van der Waals surface area contributed by atoms with Crippen molar-refractivity contribution in [1.82, 2.24) is 10.6 Å². The van der Waals surface area contributed by atoms with Gasteiger partial charge in [0.15, 0.2) is 0 Å². The van der Waals surface area contributed by atoms with E-state index in [0.717, 1.165) is 5.56 Å². The number of rotatable bonds is 7. The largest absolute Gasteiger partial charge is 0.506 e. The minimum Gasteiger partial charge on any atom is -0.506 e. The Labute approximate surface area is 177 Å². The highest BCUT2D eigenvalue weighted by molar-refractivity contribution is 7.12. The SMILES string of the molecule is COc1ccccc1CC(NC(=O)c1ccc(O)c(Cl)c1)NC(=O)c1cccs1. The first kappa shape index (κ1) is 20.7. The number of benzene rings is 2. The number of carbonyl (C=O) groups is 2. The predicted molar refractivity (Wildman–Crippen MR) is 113 cm³/mol. The van der Waals surface area contributed by atoms with Crippen LogP contribution in [0.25, 0.3) is 0 Å². The minimum absolute atomic E-state index is 0.0709. The van der Waals surface area contributed by atoms with Crippen molar-refractivity contribution in [2.75, 3.05) is 7.11 Å². The van der Waals surface area contributed by atoms with Crippen LogP contribution >= 0.6 is 22.9 Å². The second kappa shape index (κ2) is 9.45. The third-order valence-corrected chi connectivity index (χ3v) is 5.35. The summed E-state index contributed by atoms with van der Waals surface area (Å²) in [6.07, 6.45) is -0.375. The van der Waals surface area contributed by atoms with Crippen LogP contribution in [0.4, 0.5) is 0 Å². The summed E-state index contributed by atoms with van der Waals surface area (Å²) < 4.78 is 5.37. The Morgan fingerprint density at radius 1 is 1.10 bits per heavy atom. The van der Waals surface area contributed by atoms with Crippen LogP contribution in [-0.2, 0) is 6.42 Å². The van der Waals surface area contributed by atoms with Gasteiger partial charge in [0.2, 0.25) is 0 Å². The number of para-hydroxylation sites is 1. The number of phenolic OH excluding ortho intramolecular Hbond substituents is 1. The number of aromatic hydroxyl groups is 1. The van der Waals surface area contributed by atoms with Crippen molar-refractivity contribution in [3.8, 4) is 11.5 Å². The molecule has 2 aromatic carbocycles. The number of halogens is 1. The van der Waals surface area contributed by atoms with Crippen LogP contribution in [0, 0.1) is 0 Å². The van der Waals surface area contributed by atoms with Gasteiger partial charge in [-0.05, 0) is 41.3 Å². The van der Waals surface area contributed by atoms with Gasteiger partial charge in [-0.2, -0.15) is 0 Å². The maximum Gasteiger partial charge on any atom is 0.262 e. The highest BCUT2D eigenvalue weighted by Crippen LogP contribution is 2.24. The Bertz CT molecular complexity index is 1010. The van der Waals surface area contributed by atoms with Gasteiger partial charge in [-0.25, -0.2) is 0 Å². The second-order valence-corrected chi connectivity index (χ2v) is 7.51. The van der Waals surface area contributed by atoms with Gasteiger partial charge < -0.3 is 20.5 Å². The van der Waals surface area contributed by atoms with Gasteiger partial charge in [-0.15, -0.1) is 11.3 Å². The number of phenols is 1. The Hall–Kier alpha value is -3.03. The minimum atomic E-state index is -0.694. The van der Waals surface area contributed by atoms with Crippen LogP contribution in [0.5, 0.6) is 11.5 Å². The Morgan fingerprint density at radius 2 is 1.86 bits per heavy atom. The summed E-state index contributed by atoms with van der Waals surface area (Å²) in [6.45, 7) is 0. The molecule has 0 radical (unpaired) electrons. The number of methoxy groups -OCH3 is 1. The summed E-state index contributed by atoms with van der Waals surface area (Å²) in [6, 6.07) is 15.0.